The van der Waals surface area contributed by atoms with Crippen LogP contribution in [0.4, 0.5) is 5.69 Å². The average Bonchev–Trinajstić information content (AvgIpc) is 2.54. The van der Waals surface area contributed by atoms with E-state index in [-0.39, 0.29) is 5.97 Å². The maximum atomic E-state index is 11.7. The molecule has 0 fully saturated rings. The summed E-state index contributed by atoms with van der Waals surface area (Å²) in [4.78, 5) is 11.7. The quantitative estimate of drug-likeness (QED) is 0.813. The molecule has 2 aromatic carbocycles. The minimum atomic E-state index is -0.300. The Morgan fingerprint density at radius 2 is 1.81 bits per heavy atom. The molecule has 0 spiro atoms. The first-order chi connectivity index (χ1) is 10.2. The molecule has 0 saturated heterocycles. The number of nitrogens with one attached hydrogen (secondary N) is 1. The van der Waals surface area contributed by atoms with Gasteiger partial charge in [-0.25, -0.2) is 4.79 Å². The van der Waals surface area contributed by atoms with E-state index in [0.29, 0.717) is 12.1 Å². The molecule has 0 aromatic heterocycles. The summed E-state index contributed by atoms with van der Waals surface area (Å²) in [6, 6.07) is 15.9. The van der Waals surface area contributed by atoms with Crippen LogP contribution in [0.1, 0.15) is 34.8 Å². The van der Waals surface area contributed by atoms with Crippen molar-refractivity contribution in [1.82, 2.24) is 0 Å². The lowest BCUT2D eigenvalue weighted by molar-refractivity contribution is 0.0599. The molecule has 110 valence electrons. The van der Waals surface area contributed by atoms with Gasteiger partial charge in [-0.2, -0.15) is 0 Å². The lowest BCUT2D eigenvalue weighted by Gasteiger charge is -2.10. The highest BCUT2D eigenvalue weighted by Gasteiger charge is 2.10. The van der Waals surface area contributed by atoms with Crippen LogP contribution < -0.4 is 5.32 Å². The molecule has 0 amide bonds. The Balaban J connectivity index is 2.04. The molecule has 0 radical (unpaired) electrons. The minimum Gasteiger partial charge on any atom is -0.465 e. The first-order valence-corrected chi connectivity index (χ1v) is 7.23. The Labute approximate surface area is 126 Å². The van der Waals surface area contributed by atoms with E-state index >= 15 is 0 Å². The summed E-state index contributed by atoms with van der Waals surface area (Å²) in [7, 11) is 1.40. The predicted octanol–water partition coefficient (Wildman–Crippen LogP) is 4.04. The van der Waals surface area contributed by atoms with Crippen LogP contribution >= 0.6 is 0 Å². The summed E-state index contributed by atoms with van der Waals surface area (Å²) >= 11 is 0. The van der Waals surface area contributed by atoms with Crippen molar-refractivity contribution in [2.24, 2.45) is 0 Å². The number of carbonyl (C=O) groups excluding carboxylic acids is 1. The maximum absolute atomic E-state index is 11.7. The van der Waals surface area contributed by atoms with E-state index in [1.54, 1.807) is 6.07 Å². The van der Waals surface area contributed by atoms with Gasteiger partial charge in [-0.3, -0.25) is 0 Å². The van der Waals surface area contributed by atoms with Gasteiger partial charge in [0.25, 0.3) is 0 Å². The van der Waals surface area contributed by atoms with Gasteiger partial charge in [0.1, 0.15) is 0 Å². The monoisotopic (exact) mass is 283 g/mol. The number of hydrogen-bond donors (Lipinski definition) is 1. The van der Waals surface area contributed by atoms with Crippen molar-refractivity contribution in [1.29, 1.82) is 0 Å². The second-order valence-electron chi connectivity index (χ2n) is 4.95. The Morgan fingerprint density at radius 3 is 2.48 bits per heavy atom. The molecule has 0 heterocycles. The van der Waals surface area contributed by atoms with Crippen molar-refractivity contribution in [2.75, 3.05) is 12.4 Å². The first-order valence-electron chi connectivity index (χ1n) is 7.23. The number of rotatable bonds is 6. The van der Waals surface area contributed by atoms with Gasteiger partial charge in [0.15, 0.2) is 0 Å². The molecular formula is C18H21NO2. The third-order valence-electron chi connectivity index (χ3n) is 3.40. The number of esters is 1. The smallest absolute Gasteiger partial charge is 0.338 e. The highest BCUT2D eigenvalue weighted by molar-refractivity contribution is 5.91. The number of ether oxygens (including phenoxy) is 1. The van der Waals surface area contributed by atoms with Crippen LogP contribution in [0.25, 0.3) is 0 Å². The van der Waals surface area contributed by atoms with E-state index in [1.165, 1.54) is 12.7 Å². The van der Waals surface area contributed by atoms with Crippen molar-refractivity contribution < 1.29 is 9.53 Å². The molecule has 0 saturated carbocycles. The summed E-state index contributed by atoms with van der Waals surface area (Å²) in [5.41, 5.74) is 3.93. The predicted molar refractivity (Wildman–Crippen MR) is 85.5 cm³/mol. The lowest BCUT2D eigenvalue weighted by atomic mass is 10.1. The zero-order valence-corrected chi connectivity index (χ0v) is 12.6. The molecule has 0 bridgehead atoms. The topological polar surface area (TPSA) is 38.3 Å². The van der Waals surface area contributed by atoms with Gasteiger partial charge >= 0.3 is 5.97 Å². The minimum absolute atomic E-state index is 0.300. The number of aryl methyl sites for hydroxylation is 1. The van der Waals surface area contributed by atoms with Crippen LogP contribution in [0, 0.1) is 0 Å². The third-order valence-corrected chi connectivity index (χ3v) is 3.40. The van der Waals surface area contributed by atoms with E-state index in [4.69, 9.17) is 4.74 Å². The fourth-order valence-electron chi connectivity index (χ4n) is 2.26. The molecule has 21 heavy (non-hydrogen) atoms. The molecule has 0 atom stereocenters. The molecule has 3 heteroatoms. The maximum Gasteiger partial charge on any atom is 0.338 e. The standard InChI is InChI=1S/C18H21NO2/c1-3-6-14-9-11-16(12-10-14)19-13-15-7-4-5-8-17(15)18(20)21-2/h4-5,7-12,19H,3,6,13H2,1-2H3. The van der Waals surface area contributed by atoms with Gasteiger partial charge in [-0.1, -0.05) is 43.7 Å². The Bertz CT molecular complexity index is 590. The second-order valence-corrected chi connectivity index (χ2v) is 4.95. The molecule has 2 aromatic rings. The van der Waals surface area contributed by atoms with Crippen LogP contribution in [0.5, 0.6) is 0 Å². The molecule has 1 N–H and O–H groups in total. The summed E-state index contributed by atoms with van der Waals surface area (Å²) in [5, 5.41) is 3.34. The lowest BCUT2D eigenvalue weighted by Crippen LogP contribution is -2.09. The fraction of sp³-hybridized carbons (Fsp3) is 0.278. The molecular weight excluding hydrogens is 262 g/mol. The van der Waals surface area contributed by atoms with E-state index in [9.17, 15) is 4.79 Å². The number of anilines is 1. The van der Waals surface area contributed by atoms with E-state index in [0.717, 1.165) is 24.1 Å². The summed E-state index contributed by atoms with van der Waals surface area (Å²) < 4.78 is 4.80. The van der Waals surface area contributed by atoms with E-state index in [2.05, 4.69) is 36.5 Å². The van der Waals surface area contributed by atoms with Gasteiger partial charge in [0.05, 0.1) is 12.7 Å². The van der Waals surface area contributed by atoms with Crippen LogP contribution in [0.3, 0.4) is 0 Å². The summed E-state index contributed by atoms with van der Waals surface area (Å²) in [6.07, 6.45) is 2.25. The highest BCUT2D eigenvalue weighted by Crippen LogP contribution is 2.15. The number of methoxy groups -OCH3 is 1. The average molecular weight is 283 g/mol. The molecule has 0 aliphatic rings. The SMILES string of the molecule is CCCc1ccc(NCc2ccccc2C(=O)OC)cc1. The number of benzene rings is 2. The molecule has 0 aliphatic heterocycles. The Morgan fingerprint density at radius 1 is 1.10 bits per heavy atom. The molecule has 3 nitrogen and oxygen atoms in total. The number of carbonyl (C=O) groups is 1. The van der Waals surface area contributed by atoms with Crippen LogP contribution in [-0.4, -0.2) is 13.1 Å². The van der Waals surface area contributed by atoms with Gasteiger partial charge in [0, 0.05) is 12.2 Å². The van der Waals surface area contributed by atoms with Crippen LogP contribution in [0.15, 0.2) is 48.5 Å². The van der Waals surface area contributed by atoms with Crippen LogP contribution in [0.2, 0.25) is 0 Å². The van der Waals surface area contributed by atoms with Crippen LogP contribution in [-0.2, 0) is 17.7 Å². The summed E-state index contributed by atoms with van der Waals surface area (Å²) in [6.45, 7) is 2.77. The normalized spacial score (nSPS) is 10.2. The largest absolute Gasteiger partial charge is 0.465 e. The van der Waals surface area contributed by atoms with Gasteiger partial charge in [0.2, 0.25) is 0 Å². The Kier molecular flexibility index (Phi) is 5.38. The highest BCUT2D eigenvalue weighted by atomic mass is 16.5. The van der Waals surface area contributed by atoms with Crippen molar-refractivity contribution in [3.63, 3.8) is 0 Å². The zero-order valence-electron chi connectivity index (χ0n) is 12.6. The molecule has 0 aliphatic carbocycles. The molecule has 2 rings (SSSR count). The van der Waals surface area contributed by atoms with Crippen molar-refractivity contribution in [3.05, 3.63) is 65.2 Å². The van der Waals surface area contributed by atoms with Gasteiger partial charge in [-0.15, -0.1) is 0 Å². The molecule has 0 unspecified atom stereocenters. The second kappa shape index (κ2) is 7.48. The fourth-order valence-corrected chi connectivity index (χ4v) is 2.26. The van der Waals surface area contributed by atoms with Gasteiger partial charge < -0.3 is 10.1 Å². The van der Waals surface area contributed by atoms with E-state index in [1.807, 2.05) is 18.2 Å². The first kappa shape index (κ1) is 15.1. The van der Waals surface area contributed by atoms with Crippen molar-refractivity contribution >= 4 is 11.7 Å². The zero-order chi connectivity index (χ0) is 15.1. The number of hydrogen-bond acceptors (Lipinski definition) is 3. The third kappa shape index (κ3) is 4.09. The van der Waals surface area contributed by atoms with Crippen molar-refractivity contribution in [2.45, 2.75) is 26.3 Å². The Hall–Kier alpha value is -2.29. The van der Waals surface area contributed by atoms with Crippen molar-refractivity contribution in [3.8, 4) is 0 Å². The van der Waals surface area contributed by atoms with E-state index < -0.39 is 0 Å². The summed E-state index contributed by atoms with van der Waals surface area (Å²) in [5.74, 6) is -0.300. The van der Waals surface area contributed by atoms with Gasteiger partial charge in [-0.05, 0) is 35.7 Å².